The van der Waals surface area contributed by atoms with Gasteiger partial charge in [0.15, 0.2) is 5.78 Å². The van der Waals surface area contributed by atoms with Gasteiger partial charge in [0.2, 0.25) is 0 Å². The zero-order chi connectivity index (χ0) is 22.5. The molecule has 2 aliphatic rings. The van der Waals surface area contributed by atoms with Gasteiger partial charge in [0, 0.05) is 44.6 Å². The first-order chi connectivity index (χ1) is 14.6. The fourth-order valence-electron chi connectivity index (χ4n) is 4.31. The summed E-state index contributed by atoms with van der Waals surface area (Å²) in [5.74, 6) is -0.381. The Kier molecular flexibility index (Phi) is 5.23. The van der Waals surface area contributed by atoms with E-state index in [1.54, 1.807) is 17.0 Å². The Morgan fingerprint density at radius 1 is 1.35 bits per heavy atom. The summed E-state index contributed by atoms with van der Waals surface area (Å²) in [5.41, 5.74) is 8.12. The van der Waals surface area contributed by atoms with E-state index < -0.39 is 10.8 Å². The Hall–Kier alpha value is -2.96. The molecule has 0 unspecified atom stereocenters. The van der Waals surface area contributed by atoms with Crippen LogP contribution >= 0.6 is 27.3 Å². The maximum Gasteiger partial charge on any atom is 0.271 e. The lowest BCUT2D eigenvalue weighted by atomic mass is 9.69. The summed E-state index contributed by atoms with van der Waals surface area (Å²) in [4.78, 5) is 26.7. The van der Waals surface area contributed by atoms with Crippen molar-refractivity contribution in [3.8, 4) is 6.07 Å². The standard InChI is InChI=1S/C22H19BrN4O3S/c1-22(2)8-16-20(17(28)9-22)19(18-6-12(23)11-31-18)15(10-24)21(25)26(16)13-4-3-5-14(7-13)27(29)30/h3-7,11,19H,8-9,25H2,1-2H3/t19-/m1/s1. The molecule has 2 aromatic rings. The summed E-state index contributed by atoms with van der Waals surface area (Å²) in [6, 6.07) is 10.2. The first-order valence-corrected chi connectivity index (χ1v) is 11.2. The third kappa shape index (κ3) is 3.66. The molecule has 1 atom stereocenters. The lowest BCUT2D eigenvalue weighted by Crippen LogP contribution is -2.42. The molecule has 158 valence electrons. The smallest absolute Gasteiger partial charge is 0.271 e. The fourth-order valence-corrected chi connectivity index (χ4v) is 5.88. The Bertz CT molecular complexity index is 1220. The molecule has 4 rings (SSSR count). The molecule has 0 fully saturated rings. The molecule has 0 radical (unpaired) electrons. The predicted octanol–water partition coefficient (Wildman–Crippen LogP) is 5.36. The molecular weight excluding hydrogens is 480 g/mol. The van der Waals surface area contributed by atoms with Gasteiger partial charge in [0.1, 0.15) is 5.82 Å². The van der Waals surface area contributed by atoms with E-state index in [2.05, 4.69) is 22.0 Å². The highest BCUT2D eigenvalue weighted by Crippen LogP contribution is 2.51. The van der Waals surface area contributed by atoms with Crippen molar-refractivity contribution in [2.24, 2.45) is 11.1 Å². The van der Waals surface area contributed by atoms with Crippen molar-refractivity contribution in [2.45, 2.75) is 32.6 Å². The number of nitrogens with zero attached hydrogens (tertiary/aromatic N) is 3. The van der Waals surface area contributed by atoms with Crippen molar-refractivity contribution in [3.05, 3.63) is 77.8 Å². The van der Waals surface area contributed by atoms with Gasteiger partial charge >= 0.3 is 0 Å². The normalized spacial score (nSPS) is 20.5. The zero-order valence-electron chi connectivity index (χ0n) is 16.9. The SMILES string of the molecule is CC1(C)CC(=O)C2=C(C1)N(c1cccc([N+](=O)[O-])c1)C(N)=C(C#N)[C@@H]2c1cc(Br)cs1. The number of nitro benzene ring substituents is 1. The molecule has 9 heteroatoms. The minimum Gasteiger partial charge on any atom is -0.384 e. The highest BCUT2D eigenvalue weighted by Gasteiger charge is 2.45. The minimum atomic E-state index is -0.546. The van der Waals surface area contributed by atoms with Crippen molar-refractivity contribution in [3.63, 3.8) is 0 Å². The van der Waals surface area contributed by atoms with Gasteiger partial charge in [0.05, 0.1) is 28.2 Å². The highest BCUT2D eigenvalue weighted by atomic mass is 79.9. The molecule has 0 spiro atoms. The first-order valence-electron chi connectivity index (χ1n) is 9.57. The third-order valence-corrected chi connectivity index (χ3v) is 7.31. The average molecular weight is 499 g/mol. The van der Waals surface area contributed by atoms with E-state index in [1.807, 2.05) is 25.3 Å². The number of nitro groups is 1. The van der Waals surface area contributed by atoms with Crippen LogP contribution in [0.5, 0.6) is 0 Å². The molecule has 2 heterocycles. The summed E-state index contributed by atoms with van der Waals surface area (Å²) < 4.78 is 0.871. The molecule has 0 saturated carbocycles. The molecular formula is C22H19BrN4O3S. The van der Waals surface area contributed by atoms with E-state index >= 15 is 0 Å². The first kappa shape index (κ1) is 21.3. The number of Topliss-reactive ketones (excluding diaryl/α,β-unsaturated/α-hetero) is 1. The monoisotopic (exact) mass is 498 g/mol. The molecule has 0 saturated heterocycles. The zero-order valence-corrected chi connectivity index (χ0v) is 19.3. The molecule has 7 nitrogen and oxygen atoms in total. The van der Waals surface area contributed by atoms with Crippen molar-refractivity contribution < 1.29 is 9.72 Å². The second-order valence-electron chi connectivity index (χ2n) is 8.42. The van der Waals surface area contributed by atoms with E-state index in [1.165, 1.54) is 23.5 Å². The van der Waals surface area contributed by atoms with Crippen molar-refractivity contribution in [2.75, 3.05) is 4.90 Å². The summed E-state index contributed by atoms with van der Waals surface area (Å²) >= 11 is 4.91. The van der Waals surface area contributed by atoms with E-state index in [0.717, 1.165) is 9.35 Å². The number of allylic oxidation sites excluding steroid dienone is 3. The Balaban J connectivity index is 2.00. The lowest BCUT2D eigenvalue weighted by Gasteiger charge is -2.43. The van der Waals surface area contributed by atoms with Crippen molar-refractivity contribution >= 4 is 44.4 Å². The predicted molar refractivity (Wildman–Crippen MR) is 122 cm³/mol. The molecule has 1 aromatic heterocycles. The summed E-state index contributed by atoms with van der Waals surface area (Å²) in [7, 11) is 0. The van der Waals surface area contributed by atoms with Gasteiger partial charge in [-0.15, -0.1) is 11.3 Å². The fraction of sp³-hybridized carbons (Fsp3) is 0.273. The van der Waals surface area contributed by atoms with Crippen LogP contribution in [0.2, 0.25) is 0 Å². The number of ketones is 1. The van der Waals surface area contributed by atoms with Gasteiger partial charge in [-0.3, -0.25) is 19.8 Å². The number of halogens is 1. The molecule has 1 aliphatic heterocycles. The van der Waals surface area contributed by atoms with Crippen LogP contribution in [0.1, 0.15) is 37.5 Å². The Morgan fingerprint density at radius 2 is 2.10 bits per heavy atom. The average Bonchev–Trinajstić information content (AvgIpc) is 3.12. The third-order valence-electron chi connectivity index (χ3n) is 5.55. The minimum absolute atomic E-state index is 0.0311. The van der Waals surface area contributed by atoms with Gasteiger partial charge in [-0.05, 0) is 39.9 Å². The largest absolute Gasteiger partial charge is 0.384 e. The van der Waals surface area contributed by atoms with E-state index in [0.29, 0.717) is 29.8 Å². The maximum atomic E-state index is 13.4. The molecule has 0 bridgehead atoms. The van der Waals surface area contributed by atoms with E-state index in [-0.39, 0.29) is 28.3 Å². The number of hydrogen-bond acceptors (Lipinski definition) is 7. The molecule has 1 aliphatic carbocycles. The second-order valence-corrected chi connectivity index (χ2v) is 10.3. The van der Waals surface area contributed by atoms with Crippen molar-refractivity contribution in [1.82, 2.24) is 0 Å². The molecule has 2 N–H and O–H groups in total. The van der Waals surface area contributed by atoms with Crippen LogP contribution in [0.4, 0.5) is 11.4 Å². The number of carbonyl (C=O) groups is 1. The van der Waals surface area contributed by atoms with Gasteiger partial charge in [0.25, 0.3) is 5.69 Å². The summed E-state index contributed by atoms with van der Waals surface area (Å²) in [6.07, 6.45) is 0.912. The molecule has 31 heavy (non-hydrogen) atoms. The van der Waals surface area contributed by atoms with E-state index in [9.17, 15) is 20.2 Å². The number of carbonyl (C=O) groups excluding carboxylic acids is 1. The van der Waals surface area contributed by atoms with E-state index in [4.69, 9.17) is 5.73 Å². The number of rotatable bonds is 3. The van der Waals surface area contributed by atoms with Gasteiger partial charge in [-0.2, -0.15) is 5.26 Å². The number of benzene rings is 1. The topological polar surface area (TPSA) is 113 Å². The highest BCUT2D eigenvalue weighted by molar-refractivity contribution is 9.10. The Labute approximate surface area is 191 Å². The summed E-state index contributed by atoms with van der Waals surface area (Å²) in [6.45, 7) is 4.02. The van der Waals surface area contributed by atoms with Crippen LogP contribution in [0.15, 0.2) is 62.8 Å². The number of nitrogens with two attached hydrogens (primary N) is 1. The number of hydrogen-bond donors (Lipinski definition) is 1. The van der Waals surface area contributed by atoms with Crippen LogP contribution in [0, 0.1) is 26.9 Å². The summed E-state index contributed by atoms with van der Waals surface area (Å²) in [5, 5.41) is 23.3. The number of nitriles is 1. The van der Waals surface area contributed by atoms with Crippen LogP contribution < -0.4 is 10.6 Å². The molecule has 1 aromatic carbocycles. The van der Waals surface area contributed by atoms with Gasteiger partial charge in [-0.25, -0.2) is 0 Å². The number of thiophene rings is 1. The van der Waals surface area contributed by atoms with Crippen LogP contribution in [-0.4, -0.2) is 10.7 Å². The Morgan fingerprint density at radius 3 is 2.71 bits per heavy atom. The number of non-ortho nitro benzene ring substituents is 1. The van der Waals surface area contributed by atoms with Crippen molar-refractivity contribution in [1.29, 1.82) is 5.26 Å². The number of anilines is 1. The maximum absolute atomic E-state index is 13.4. The molecule has 0 amide bonds. The lowest BCUT2D eigenvalue weighted by molar-refractivity contribution is -0.384. The van der Waals surface area contributed by atoms with Crippen LogP contribution in [0.3, 0.4) is 0 Å². The quantitative estimate of drug-likeness (QED) is 0.449. The van der Waals surface area contributed by atoms with Crippen LogP contribution in [0.25, 0.3) is 0 Å². The second kappa shape index (κ2) is 7.62. The van der Waals surface area contributed by atoms with Gasteiger partial charge < -0.3 is 5.73 Å². The van der Waals surface area contributed by atoms with Crippen LogP contribution in [-0.2, 0) is 4.79 Å². The van der Waals surface area contributed by atoms with Gasteiger partial charge in [-0.1, -0.05) is 19.9 Å².